The van der Waals surface area contributed by atoms with Crippen LogP contribution in [0.25, 0.3) is 5.69 Å². The maximum absolute atomic E-state index is 13.3. The van der Waals surface area contributed by atoms with E-state index in [0.717, 1.165) is 16.9 Å². The van der Waals surface area contributed by atoms with E-state index in [4.69, 9.17) is 0 Å². The maximum atomic E-state index is 13.3. The van der Waals surface area contributed by atoms with E-state index in [1.54, 1.807) is 19.2 Å². The standard InChI is InChI=1S/C17H16FN3/c1-13-11-14(7-8-15(13)18)12-19-16-5-2-3-6-17(16)21-10-4-9-20-21/h2-11,19H,12H2,1H3. The quantitative estimate of drug-likeness (QED) is 0.785. The van der Waals surface area contributed by atoms with Gasteiger partial charge < -0.3 is 5.32 Å². The largest absolute Gasteiger partial charge is 0.379 e. The van der Waals surface area contributed by atoms with Crippen LogP contribution in [0.4, 0.5) is 10.1 Å². The van der Waals surface area contributed by atoms with Crippen molar-refractivity contribution >= 4 is 5.69 Å². The Kier molecular flexibility index (Phi) is 3.69. The molecule has 3 rings (SSSR count). The predicted octanol–water partition coefficient (Wildman–Crippen LogP) is 3.93. The first-order valence-electron chi connectivity index (χ1n) is 6.82. The molecule has 0 atom stereocenters. The number of nitrogens with zero attached hydrogens (tertiary/aromatic N) is 2. The van der Waals surface area contributed by atoms with Crippen molar-refractivity contribution in [3.8, 4) is 5.69 Å². The van der Waals surface area contributed by atoms with Crippen LogP contribution in [0.1, 0.15) is 11.1 Å². The molecule has 1 heterocycles. The lowest BCUT2D eigenvalue weighted by molar-refractivity contribution is 0.617. The molecule has 0 amide bonds. The summed E-state index contributed by atoms with van der Waals surface area (Å²) in [5.74, 6) is -0.171. The number of nitrogens with one attached hydrogen (secondary N) is 1. The third kappa shape index (κ3) is 2.94. The van der Waals surface area contributed by atoms with E-state index in [1.807, 2.05) is 47.3 Å². The Morgan fingerprint density at radius 3 is 2.76 bits per heavy atom. The van der Waals surface area contributed by atoms with E-state index in [0.29, 0.717) is 12.1 Å². The van der Waals surface area contributed by atoms with Crippen LogP contribution in [-0.4, -0.2) is 9.78 Å². The summed E-state index contributed by atoms with van der Waals surface area (Å²) in [6, 6.07) is 15.0. The van der Waals surface area contributed by atoms with Gasteiger partial charge in [0, 0.05) is 18.9 Å². The van der Waals surface area contributed by atoms with Crippen LogP contribution in [-0.2, 0) is 6.54 Å². The molecule has 0 unspecified atom stereocenters. The fourth-order valence-electron chi connectivity index (χ4n) is 2.25. The SMILES string of the molecule is Cc1cc(CNc2ccccc2-n2cccn2)ccc1F. The molecule has 2 aromatic carbocycles. The van der Waals surface area contributed by atoms with Gasteiger partial charge in [-0.2, -0.15) is 5.10 Å². The molecule has 1 N–H and O–H groups in total. The fourth-order valence-corrected chi connectivity index (χ4v) is 2.25. The van der Waals surface area contributed by atoms with Crippen LogP contribution >= 0.6 is 0 Å². The zero-order valence-electron chi connectivity index (χ0n) is 11.8. The summed E-state index contributed by atoms with van der Waals surface area (Å²) in [5.41, 5.74) is 3.68. The topological polar surface area (TPSA) is 29.9 Å². The van der Waals surface area contributed by atoms with Gasteiger partial charge in [0.2, 0.25) is 0 Å². The van der Waals surface area contributed by atoms with E-state index >= 15 is 0 Å². The van der Waals surface area contributed by atoms with Gasteiger partial charge in [-0.15, -0.1) is 0 Å². The number of hydrogen-bond donors (Lipinski definition) is 1. The van der Waals surface area contributed by atoms with Gasteiger partial charge in [0.1, 0.15) is 5.82 Å². The Hall–Kier alpha value is -2.62. The molecular weight excluding hydrogens is 265 g/mol. The van der Waals surface area contributed by atoms with Gasteiger partial charge in [-0.05, 0) is 42.3 Å². The maximum Gasteiger partial charge on any atom is 0.126 e. The number of para-hydroxylation sites is 2. The first-order chi connectivity index (χ1) is 10.2. The molecule has 0 spiro atoms. The minimum atomic E-state index is -0.171. The van der Waals surface area contributed by atoms with Crippen molar-refractivity contribution in [3.63, 3.8) is 0 Å². The molecule has 21 heavy (non-hydrogen) atoms. The van der Waals surface area contributed by atoms with Gasteiger partial charge in [0.25, 0.3) is 0 Å². The molecule has 1 aromatic heterocycles. The molecule has 3 nitrogen and oxygen atoms in total. The minimum absolute atomic E-state index is 0.171. The Morgan fingerprint density at radius 1 is 1.14 bits per heavy atom. The van der Waals surface area contributed by atoms with Crippen LogP contribution in [0.15, 0.2) is 60.9 Å². The van der Waals surface area contributed by atoms with Crippen molar-refractivity contribution in [2.75, 3.05) is 5.32 Å². The van der Waals surface area contributed by atoms with E-state index in [1.165, 1.54) is 6.07 Å². The number of halogens is 1. The van der Waals surface area contributed by atoms with Crippen LogP contribution in [0.5, 0.6) is 0 Å². The van der Waals surface area contributed by atoms with E-state index in [-0.39, 0.29) is 5.82 Å². The average molecular weight is 281 g/mol. The third-order valence-corrected chi connectivity index (χ3v) is 3.36. The number of anilines is 1. The molecule has 0 saturated heterocycles. The van der Waals surface area contributed by atoms with Crippen molar-refractivity contribution in [3.05, 3.63) is 77.9 Å². The number of aromatic nitrogens is 2. The Labute approximate surface area is 123 Å². The second-order valence-electron chi connectivity index (χ2n) is 4.90. The molecule has 0 bridgehead atoms. The monoisotopic (exact) mass is 281 g/mol. The van der Waals surface area contributed by atoms with Gasteiger partial charge >= 0.3 is 0 Å². The fraction of sp³-hybridized carbons (Fsp3) is 0.118. The van der Waals surface area contributed by atoms with Crippen LogP contribution in [0, 0.1) is 12.7 Å². The highest BCUT2D eigenvalue weighted by molar-refractivity contribution is 5.60. The van der Waals surface area contributed by atoms with Crippen molar-refractivity contribution in [1.82, 2.24) is 9.78 Å². The third-order valence-electron chi connectivity index (χ3n) is 3.36. The molecule has 3 aromatic rings. The molecular formula is C17H16FN3. The van der Waals surface area contributed by atoms with Crippen LogP contribution in [0.2, 0.25) is 0 Å². The number of rotatable bonds is 4. The summed E-state index contributed by atoms with van der Waals surface area (Å²) in [6.07, 6.45) is 3.66. The predicted molar refractivity (Wildman–Crippen MR) is 82.0 cm³/mol. The van der Waals surface area contributed by atoms with Crippen molar-refractivity contribution < 1.29 is 4.39 Å². The van der Waals surface area contributed by atoms with E-state index < -0.39 is 0 Å². The Bertz CT molecular complexity index is 736. The van der Waals surface area contributed by atoms with E-state index in [9.17, 15) is 4.39 Å². The van der Waals surface area contributed by atoms with Crippen molar-refractivity contribution in [1.29, 1.82) is 0 Å². The highest BCUT2D eigenvalue weighted by Crippen LogP contribution is 2.20. The molecule has 0 saturated carbocycles. The first-order valence-corrected chi connectivity index (χ1v) is 6.82. The van der Waals surface area contributed by atoms with Gasteiger partial charge in [-0.1, -0.05) is 24.3 Å². The lowest BCUT2D eigenvalue weighted by atomic mass is 10.1. The molecule has 0 aliphatic rings. The van der Waals surface area contributed by atoms with Gasteiger partial charge in [0.05, 0.1) is 11.4 Å². The summed E-state index contributed by atoms with van der Waals surface area (Å²) < 4.78 is 15.1. The molecule has 106 valence electrons. The lowest BCUT2D eigenvalue weighted by Gasteiger charge is -2.12. The number of benzene rings is 2. The smallest absolute Gasteiger partial charge is 0.126 e. The minimum Gasteiger partial charge on any atom is -0.379 e. The van der Waals surface area contributed by atoms with Crippen LogP contribution < -0.4 is 5.32 Å². The summed E-state index contributed by atoms with van der Waals surface area (Å²) in [7, 11) is 0. The van der Waals surface area contributed by atoms with Gasteiger partial charge in [-0.3, -0.25) is 0 Å². The second-order valence-corrected chi connectivity index (χ2v) is 4.90. The highest BCUT2D eigenvalue weighted by Gasteiger charge is 2.04. The normalized spacial score (nSPS) is 10.6. The second kappa shape index (κ2) is 5.79. The Balaban J connectivity index is 1.81. The first kappa shape index (κ1) is 13.4. The zero-order valence-corrected chi connectivity index (χ0v) is 11.8. The summed E-state index contributed by atoms with van der Waals surface area (Å²) >= 11 is 0. The molecule has 0 aliphatic carbocycles. The summed E-state index contributed by atoms with van der Waals surface area (Å²) in [6.45, 7) is 2.41. The molecule has 4 heteroatoms. The van der Waals surface area contributed by atoms with Gasteiger partial charge in [0.15, 0.2) is 0 Å². The molecule has 0 radical (unpaired) electrons. The zero-order chi connectivity index (χ0) is 14.7. The van der Waals surface area contributed by atoms with Crippen LogP contribution in [0.3, 0.4) is 0 Å². The highest BCUT2D eigenvalue weighted by atomic mass is 19.1. The number of hydrogen-bond acceptors (Lipinski definition) is 2. The average Bonchev–Trinajstić information content (AvgIpc) is 3.03. The lowest BCUT2D eigenvalue weighted by Crippen LogP contribution is -2.05. The summed E-state index contributed by atoms with van der Waals surface area (Å²) in [5, 5.41) is 7.64. The Morgan fingerprint density at radius 2 is 2.00 bits per heavy atom. The molecule has 0 aliphatic heterocycles. The summed E-state index contributed by atoms with van der Waals surface area (Å²) in [4.78, 5) is 0. The van der Waals surface area contributed by atoms with E-state index in [2.05, 4.69) is 10.4 Å². The van der Waals surface area contributed by atoms with Gasteiger partial charge in [-0.25, -0.2) is 9.07 Å². The van der Waals surface area contributed by atoms with Crippen molar-refractivity contribution in [2.45, 2.75) is 13.5 Å². The van der Waals surface area contributed by atoms with Crippen molar-refractivity contribution in [2.24, 2.45) is 0 Å². The molecule has 0 fully saturated rings. The number of aryl methyl sites for hydroxylation is 1.